The van der Waals surface area contributed by atoms with Gasteiger partial charge in [-0.05, 0) is 26.0 Å². The predicted molar refractivity (Wildman–Crippen MR) is 71.6 cm³/mol. The van der Waals surface area contributed by atoms with Crippen LogP contribution in [0.15, 0.2) is 16.5 Å². The van der Waals surface area contributed by atoms with Crippen molar-refractivity contribution in [3.8, 4) is 0 Å². The number of ether oxygens (including phenoxy) is 1. The van der Waals surface area contributed by atoms with E-state index in [2.05, 4.69) is 9.80 Å². The van der Waals surface area contributed by atoms with Gasteiger partial charge in [-0.25, -0.2) is 0 Å². The first-order chi connectivity index (χ1) is 9.72. The fourth-order valence-electron chi connectivity index (χ4n) is 2.41. The Balaban J connectivity index is 1.88. The van der Waals surface area contributed by atoms with Crippen molar-refractivity contribution in [2.24, 2.45) is 0 Å². The summed E-state index contributed by atoms with van der Waals surface area (Å²) in [6.45, 7) is 7.58. The minimum Gasteiger partial charge on any atom is -0.455 e. The monoisotopic (exact) mass is 306 g/mol. The summed E-state index contributed by atoms with van der Waals surface area (Å²) in [5, 5.41) is 0. The van der Waals surface area contributed by atoms with Gasteiger partial charge in [0.05, 0.1) is 6.54 Å². The van der Waals surface area contributed by atoms with E-state index in [4.69, 9.17) is 9.15 Å². The van der Waals surface area contributed by atoms with E-state index < -0.39 is 11.9 Å². The van der Waals surface area contributed by atoms with Gasteiger partial charge in [0, 0.05) is 33.3 Å². The van der Waals surface area contributed by atoms with Gasteiger partial charge < -0.3 is 9.15 Å². The molecule has 1 aromatic rings. The molecule has 1 saturated heterocycles. The lowest BCUT2D eigenvalue weighted by Crippen LogP contribution is -2.55. The second-order valence-corrected chi connectivity index (χ2v) is 5.68. The molecule has 120 valence electrons. The van der Waals surface area contributed by atoms with Crippen LogP contribution in [0.25, 0.3) is 0 Å². The maximum atomic E-state index is 12.5. The van der Waals surface area contributed by atoms with Gasteiger partial charge in [-0.2, -0.15) is 13.2 Å². The fraction of sp³-hybridized carbons (Fsp3) is 0.714. The number of alkyl halides is 3. The van der Waals surface area contributed by atoms with E-state index in [0.717, 1.165) is 32.2 Å². The number of hydrogen-bond acceptors (Lipinski definition) is 4. The van der Waals surface area contributed by atoms with Gasteiger partial charge in [0.1, 0.15) is 11.5 Å². The van der Waals surface area contributed by atoms with Crippen molar-refractivity contribution in [3.63, 3.8) is 0 Å². The number of halogens is 3. The van der Waals surface area contributed by atoms with Crippen LogP contribution in [0.3, 0.4) is 0 Å². The van der Waals surface area contributed by atoms with Crippen molar-refractivity contribution >= 4 is 0 Å². The molecule has 1 aliphatic heterocycles. The Bertz CT molecular complexity index is 463. The zero-order valence-corrected chi connectivity index (χ0v) is 12.5. The van der Waals surface area contributed by atoms with Crippen LogP contribution in [-0.2, 0) is 17.5 Å². The van der Waals surface area contributed by atoms with E-state index in [-0.39, 0.29) is 5.72 Å². The summed E-state index contributed by atoms with van der Waals surface area (Å²) in [5.41, 5.74) is -0.319. The highest BCUT2D eigenvalue weighted by Crippen LogP contribution is 2.31. The minimum atomic E-state index is -4.42. The smallest absolute Gasteiger partial charge is 0.449 e. The molecule has 0 atom stereocenters. The Morgan fingerprint density at radius 3 is 2.24 bits per heavy atom. The topological polar surface area (TPSA) is 28.9 Å². The van der Waals surface area contributed by atoms with Crippen molar-refractivity contribution in [2.45, 2.75) is 32.3 Å². The Morgan fingerprint density at radius 1 is 1.14 bits per heavy atom. The minimum absolute atomic E-state index is 0.319. The molecule has 1 fully saturated rings. The van der Waals surface area contributed by atoms with E-state index in [9.17, 15) is 13.2 Å². The van der Waals surface area contributed by atoms with Crippen molar-refractivity contribution in [3.05, 3.63) is 23.7 Å². The molecular formula is C14H21F3N2O2. The zero-order valence-electron chi connectivity index (χ0n) is 12.5. The molecule has 2 rings (SSSR count). The Kier molecular flexibility index (Phi) is 4.65. The van der Waals surface area contributed by atoms with Gasteiger partial charge in [-0.1, -0.05) is 0 Å². The maximum absolute atomic E-state index is 12.5. The highest BCUT2D eigenvalue weighted by Gasteiger charge is 2.35. The number of nitrogens with zero attached hydrogens (tertiary/aromatic N) is 2. The van der Waals surface area contributed by atoms with Crippen molar-refractivity contribution in [1.29, 1.82) is 0 Å². The molecule has 0 amide bonds. The van der Waals surface area contributed by atoms with Gasteiger partial charge in [0.25, 0.3) is 0 Å². The summed E-state index contributed by atoms with van der Waals surface area (Å²) in [4.78, 5) is 4.30. The molecule has 0 radical (unpaired) electrons. The standard InChI is InChI=1S/C14H21F3N2O2/c1-13(2,20-3)19-8-6-18(7-9-19)10-11-4-5-12(21-11)14(15,16)17/h4-5H,6-10H2,1-3H3. The highest BCUT2D eigenvalue weighted by atomic mass is 19.4. The molecule has 0 bridgehead atoms. The summed E-state index contributed by atoms with van der Waals surface area (Å²) in [6, 6.07) is 2.38. The molecule has 0 N–H and O–H groups in total. The third-order valence-electron chi connectivity index (χ3n) is 3.95. The maximum Gasteiger partial charge on any atom is 0.449 e. The second kappa shape index (κ2) is 5.98. The molecule has 7 heteroatoms. The number of methoxy groups -OCH3 is 1. The molecule has 1 aromatic heterocycles. The lowest BCUT2D eigenvalue weighted by Gasteiger charge is -2.42. The number of furan rings is 1. The molecule has 4 nitrogen and oxygen atoms in total. The quantitative estimate of drug-likeness (QED) is 0.855. The number of piperazine rings is 1. The normalized spacial score (nSPS) is 19.1. The molecule has 1 aliphatic rings. The lowest BCUT2D eigenvalue weighted by atomic mass is 10.2. The Hall–Kier alpha value is -1.05. The summed E-state index contributed by atoms with van der Waals surface area (Å²) in [5.74, 6) is -0.585. The van der Waals surface area contributed by atoms with Gasteiger partial charge in [-0.15, -0.1) is 0 Å². The van der Waals surface area contributed by atoms with Gasteiger partial charge in [0.2, 0.25) is 5.76 Å². The van der Waals surface area contributed by atoms with E-state index in [1.54, 1.807) is 7.11 Å². The van der Waals surface area contributed by atoms with Crippen LogP contribution in [0.4, 0.5) is 13.2 Å². The molecule has 0 aliphatic carbocycles. The highest BCUT2D eigenvalue weighted by molar-refractivity contribution is 5.09. The summed E-state index contributed by atoms with van der Waals surface area (Å²) < 4.78 is 47.7. The van der Waals surface area contributed by atoms with Crippen LogP contribution in [0.5, 0.6) is 0 Å². The average Bonchev–Trinajstić information content (AvgIpc) is 2.88. The van der Waals surface area contributed by atoms with Crippen molar-refractivity contribution in [2.75, 3.05) is 33.3 Å². The fourth-order valence-corrected chi connectivity index (χ4v) is 2.41. The summed E-state index contributed by atoms with van der Waals surface area (Å²) >= 11 is 0. The van der Waals surface area contributed by atoms with Crippen LogP contribution in [0.1, 0.15) is 25.4 Å². The van der Waals surface area contributed by atoms with E-state index in [0.29, 0.717) is 12.3 Å². The van der Waals surface area contributed by atoms with Crippen molar-refractivity contribution in [1.82, 2.24) is 9.80 Å². The first-order valence-electron chi connectivity index (χ1n) is 6.91. The van der Waals surface area contributed by atoms with Gasteiger partial charge in [-0.3, -0.25) is 9.80 Å². The lowest BCUT2D eigenvalue weighted by molar-refractivity contribution is -0.153. The second-order valence-electron chi connectivity index (χ2n) is 5.68. The SMILES string of the molecule is COC(C)(C)N1CCN(Cc2ccc(C(F)(F)F)o2)CC1. The third-order valence-corrected chi connectivity index (χ3v) is 3.95. The molecule has 0 spiro atoms. The molecule has 0 saturated carbocycles. The molecular weight excluding hydrogens is 285 g/mol. The largest absolute Gasteiger partial charge is 0.455 e. The molecule has 2 heterocycles. The molecule has 0 aromatic carbocycles. The predicted octanol–water partition coefficient (Wildman–Crippen LogP) is 2.80. The van der Waals surface area contributed by atoms with Crippen LogP contribution in [-0.4, -0.2) is 48.8 Å². The van der Waals surface area contributed by atoms with Crippen LogP contribution >= 0.6 is 0 Å². The number of rotatable bonds is 4. The average molecular weight is 306 g/mol. The van der Waals surface area contributed by atoms with Gasteiger partial charge >= 0.3 is 6.18 Å². The summed E-state index contributed by atoms with van der Waals surface area (Å²) in [6.07, 6.45) is -4.42. The van der Waals surface area contributed by atoms with E-state index in [1.807, 2.05) is 13.8 Å². The van der Waals surface area contributed by atoms with Crippen LogP contribution in [0.2, 0.25) is 0 Å². The summed E-state index contributed by atoms with van der Waals surface area (Å²) in [7, 11) is 1.67. The van der Waals surface area contributed by atoms with Gasteiger partial charge in [0.15, 0.2) is 0 Å². The first-order valence-corrected chi connectivity index (χ1v) is 6.91. The first kappa shape index (κ1) is 16.3. The Morgan fingerprint density at radius 2 is 1.76 bits per heavy atom. The molecule has 21 heavy (non-hydrogen) atoms. The Labute approximate surface area is 122 Å². The number of hydrogen-bond donors (Lipinski definition) is 0. The van der Waals surface area contributed by atoms with E-state index in [1.165, 1.54) is 6.07 Å². The zero-order chi connectivity index (χ0) is 15.7. The van der Waals surface area contributed by atoms with E-state index >= 15 is 0 Å². The third kappa shape index (κ3) is 3.99. The van der Waals surface area contributed by atoms with Crippen molar-refractivity contribution < 1.29 is 22.3 Å². The van der Waals surface area contributed by atoms with Crippen LogP contribution < -0.4 is 0 Å². The van der Waals surface area contributed by atoms with Crippen LogP contribution in [0, 0.1) is 0 Å². The molecule has 0 unspecified atom stereocenters.